The Labute approximate surface area is 204 Å². The predicted octanol–water partition coefficient (Wildman–Crippen LogP) is 1.08. The summed E-state index contributed by atoms with van der Waals surface area (Å²) in [6.45, 7) is 9.48. The van der Waals surface area contributed by atoms with Crippen molar-refractivity contribution in [3.05, 3.63) is 11.8 Å². The molecule has 4 N–H and O–H groups in total. The number of imide groups is 1. The van der Waals surface area contributed by atoms with Crippen LogP contribution in [0.2, 0.25) is 0 Å². The monoisotopic (exact) mass is 502 g/mol. The summed E-state index contributed by atoms with van der Waals surface area (Å²) >= 11 is 0. The maximum absolute atomic E-state index is 12.7. The van der Waals surface area contributed by atoms with Gasteiger partial charge in [0.1, 0.15) is 0 Å². The van der Waals surface area contributed by atoms with Crippen LogP contribution in [0.1, 0.15) is 59.8 Å². The number of carbonyl (C=O) groups excluding carboxylic acids is 2. The van der Waals surface area contributed by atoms with Crippen molar-refractivity contribution >= 4 is 21.8 Å². The van der Waals surface area contributed by atoms with Crippen molar-refractivity contribution < 1.29 is 27.5 Å². The lowest BCUT2D eigenvalue weighted by Gasteiger charge is -2.33. The Morgan fingerprint density at radius 1 is 1.18 bits per heavy atom. The van der Waals surface area contributed by atoms with Crippen LogP contribution >= 0.6 is 0 Å². The van der Waals surface area contributed by atoms with Crippen LogP contribution in [0.25, 0.3) is 0 Å². The number of carbonyl (C=O) groups is 2. The summed E-state index contributed by atoms with van der Waals surface area (Å²) in [5.41, 5.74) is 4.83. The minimum atomic E-state index is -3.23. The normalized spacial score (nSPS) is 23.5. The van der Waals surface area contributed by atoms with E-state index in [4.69, 9.17) is 15.2 Å². The summed E-state index contributed by atoms with van der Waals surface area (Å²) in [6.07, 6.45) is 6.76. The number of nitrogens with zero attached hydrogens (tertiary/aromatic N) is 1. The molecule has 0 saturated carbocycles. The molecule has 10 nitrogen and oxygen atoms in total. The summed E-state index contributed by atoms with van der Waals surface area (Å²) in [7, 11) is -3.23. The molecule has 11 heteroatoms. The van der Waals surface area contributed by atoms with Gasteiger partial charge >= 0.3 is 0 Å². The molecule has 0 aromatic carbocycles. The van der Waals surface area contributed by atoms with Gasteiger partial charge in [-0.1, -0.05) is 13.8 Å². The van der Waals surface area contributed by atoms with Crippen LogP contribution in [0.5, 0.6) is 0 Å². The first-order valence-electron chi connectivity index (χ1n) is 12.0. The van der Waals surface area contributed by atoms with Gasteiger partial charge in [0.05, 0.1) is 18.4 Å². The fourth-order valence-electron chi connectivity index (χ4n) is 3.84. The number of nitrogens with two attached hydrogens (primary N) is 1. The summed E-state index contributed by atoms with van der Waals surface area (Å²) in [5.74, 6) is -0.988. The second-order valence-electron chi connectivity index (χ2n) is 10.5. The van der Waals surface area contributed by atoms with Gasteiger partial charge in [-0.25, -0.2) is 12.7 Å². The van der Waals surface area contributed by atoms with Gasteiger partial charge in [-0.05, 0) is 51.9 Å². The number of amides is 2. The van der Waals surface area contributed by atoms with Crippen molar-refractivity contribution in [1.29, 1.82) is 0 Å². The van der Waals surface area contributed by atoms with E-state index in [1.807, 2.05) is 13.8 Å². The summed E-state index contributed by atoms with van der Waals surface area (Å²) in [6, 6.07) is 0. The highest BCUT2D eigenvalue weighted by Crippen LogP contribution is 2.25. The summed E-state index contributed by atoms with van der Waals surface area (Å²) in [5, 5.41) is 5.56. The summed E-state index contributed by atoms with van der Waals surface area (Å²) < 4.78 is 36.5. The number of ether oxygens (including phenoxy) is 2. The SMILES string of the molecule is CC(C)(COC1CCCCO1)C(N)=CC(=O)NC(=O)C(C)(C)NC[C@H]1CCCN(S(C)(=O)=O)C1. The smallest absolute Gasteiger partial charge is 0.252 e. The Morgan fingerprint density at radius 3 is 2.50 bits per heavy atom. The van der Waals surface area contributed by atoms with Crippen molar-refractivity contribution in [1.82, 2.24) is 14.9 Å². The molecule has 2 aliphatic heterocycles. The maximum Gasteiger partial charge on any atom is 0.252 e. The Balaban J connectivity index is 1.85. The topological polar surface area (TPSA) is 140 Å². The molecule has 0 aromatic heterocycles. The van der Waals surface area contributed by atoms with Crippen LogP contribution in [-0.2, 0) is 29.1 Å². The van der Waals surface area contributed by atoms with Gasteiger partial charge in [0.25, 0.3) is 5.91 Å². The Hall–Kier alpha value is -1.53. The Kier molecular flexibility index (Phi) is 10.1. The first kappa shape index (κ1) is 28.7. The highest BCUT2D eigenvalue weighted by Gasteiger charge is 2.32. The van der Waals surface area contributed by atoms with E-state index in [-0.39, 0.29) is 12.2 Å². The first-order valence-corrected chi connectivity index (χ1v) is 13.8. The fraction of sp³-hybridized carbons (Fsp3) is 0.826. The molecule has 0 aromatic rings. The second-order valence-corrected chi connectivity index (χ2v) is 12.5. The molecule has 196 valence electrons. The predicted molar refractivity (Wildman–Crippen MR) is 130 cm³/mol. The number of sulfonamides is 1. The Morgan fingerprint density at radius 2 is 1.88 bits per heavy atom. The molecule has 0 spiro atoms. The number of hydrogen-bond acceptors (Lipinski definition) is 8. The van der Waals surface area contributed by atoms with Crippen molar-refractivity contribution in [2.24, 2.45) is 17.1 Å². The number of piperidine rings is 1. The maximum atomic E-state index is 12.7. The average molecular weight is 503 g/mol. The lowest BCUT2D eigenvalue weighted by atomic mass is 9.90. The molecule has 2 saturated heterocycles. The highest BCUT2D eigenvalue weighted by atomic mass is 32.2. The van der Waals surface area contributed by atoms with E-state index in [0.29, 0.717) is 38.5 Å². The van der Waals surface area contributed by atoms with Gasteiger partial charge in [0.2, 0.25) is 15.9 Å². The zero-order chi connectivity index (χ0) is 25.6. The third kappa shape index (κ3) is 8.92. The molecule has 1 unspecified atom stereocenters. The zero-order valence-electron chi connectivity index (χ0n) is 21.2. The number of nitrogens with one attached hydrogen (secondary N) is 2. The molecular formula is C23H42N4O6S. The summed E-state index contributed by atoms with van der Waals surface area (Å²) in [4.78, 5) is 25.2. The Bertz CT molecular complexity index is 850. The minimum absolute atomic E-state index is 0.0933. The van der Waals surface area contributed by atoms with Gasteiger partial charge in [-0.2, -0.15) is 0 Å². The van der Waals surface area contributed by atoms with E-state index in [9.17, 15) is 18.0 Å². The van der Waals surface area contributed by atoms with Crippen molar-refractivity contribution in [2.45, 2.75) is 71.6 Å². The van der Waals surface area contributed by atoms with Crippen LogP contribution in [0, 0.1) is 11.3 Å². The van der Waals surface area contributed by atoms with Crippen LogP contribution in [0.15, 0.2) is 11.8 Å². The molecule has 2 fully saturated rings. The van der Waals surface area contributed by atoms with Gasteiger partial charge < -0.3 is 20.5 Å². The quantitative estimate of drug-likeness (QED) is 0.377. The van der Waals surface area contributed by atoms with Crippen molar-refractivity contribution in [3.8, 4) is 0 Å². The van der Waals surface area contributed by atoms with Gasteiger partial charge in [0, 0.05) is 43.4 Å². The van der Waals surface area contributed by atoms with Crippen molar-refractivity contribution in [3.63, 3.8) is 0 Å². The molecule has 2 aliphatic rings. The molecule has 2 amide bonds. The molecule has 2 rings (SSSR count). The average Bonchev–Trinajstić information content (AvgIpc) is 2.76. The highest BCUT2D eigenvalue weighted by molar-refractivity contribution is 7.88. The molecule has 0 bridgehead atoms. The van der Waals surface area contributed by atoms with Gasteiger partial charge in [-0.15, -0.1) is 0 Å². The minimum Gasteiger partial charge on any atom is -0.401 e. The third-order valence-corrected chi connectivity index (χ3v) is 7.69. The molecule has 2 atom stereocenters. The largest absolute Gasteiger partial charge is 0.401 e. The number of rotatable bonds is 10. The zero-order valence-corrected chi connectivity index (χ0v) is 22.0. The lowest BCUT2D eigenvalue weighted by Crippen LogP contribution is -2.56. The van der Waals surface area contributed by atoms with E-state index >= 15 is 0 Å². The standard InChI is InChI=1S/C23H42N4O6S/c1-22(2,16-33-20-10-6-7-12-32-20)18(24)13-19(28)26-21(29)23(3,4)25-14-17-9-8-11-27(15-17)34(5,30)31/h13,17,20,25H,6-12,14-16,24H2,1-5H3,(H,26,28,29)/t17-,20?/m1/s1. The molecule has 34 heavy (non-hydrogen) atoms. The van der Waals surface area contributed by atoms with E-state index in [1.54, 1.807) is 13.8 Å². The van der Waals surface area contributed by atoms with E-state index < -0.39 is 32.8 Å². The van der Waals surface area contributed by atoms with E-state index in [2.05, 4.69) is 10.6 Å². The molecule has 2 heterocycles. The van der Waals surface area contributed by atoms with Gasteiger partial charge in [0.15, 0.2) is 6.29 Å². The van der Waals surface area contributed by atoms with Crippen LogP contribution in [0.3, 0.4) is 0 Å². The van der Waals surface area contributed by atoms with E-state index in [1.165, 1.54) is 16.6 Å². The van der Waals surface area contributed by atoms with E-state index in [0.717, 1.165) is 32.1 Å². The fourth-order valence-corrected chi connectivity index (χ4v) is 4.78. The molecule has 0 radical (unpaired) electrons. The molecule has 0 aliphatic carbocycles. The second kappa shape index (κ2) is 11.9. The molecular weight excluding hydrogens is 460 g/mol. The van der Waals surface area contributed by atoms with Crippen LogP contribution in [0.4, 0.5) is 0 Å². The first-order chi connectivity index (χ1) is 15.7. The van der Waals surface area contributed by atoms with Crippen LogP contribution in [-0.4, -0.2) is 75.5 Å². The van der Waals surface area contributed by atoms with Crippen LogP contribution < -0.4 is 16.4 Å². The van der Waals surface area contributed by atoms with Gasteiger partial charge in [-0.3, -0.25) is 14.9 Å². The lowest BCUT2D eigenvalue weighted by molar-refractivity contribution is -0.173. The number of hydrogen-bond donors (Lipinski definition) is 3. The van der Waals surface area contributed by atoms with Crippen molar-refractivity contribution in [2.75, 3.05) is 39.1 Å². The third-order valence-electron chi connectivity index (χ3n) is 6.42.